The Hall–Kier alpha value is -0.610. The van der Waals surface area contributed by atoms with E-state index >= 15 is 0 Å². The van der Waals surface area contributed by atoms with Crippen molar-refractivity contribution in [2.45, 2.75) is 66.1 Å². The van der Waals surface area contributed by atoms with Crippen LogP contribution in [-0.2, 0) is 14.3 Å². The van der Waals surface area contributed by atoms with Crippen molar-refractivity contribution in [2.24, 2.45) is 5.41 Å². The fourth-order valence-corrected chi connectivity index (χ4v) is 2.33. The van der Waals surface area contributed by atoms with Crippen LogP contribution in [0.25, 0.3) is 0 Å². The topological polar surface area (TPSA) is 38.8 Å². The van der Waals surface area contributed by atoms with E-state index in [2.05, 4.69) is 27.7 Å². The van der Waals surface area contributed by atoms with Gasteiger partial charge in [0.1, 0.15) is 0 Å². The molecule has 0 radical (unpaired) electrons. The Kier molecular flexibility index (Phi) is 7.52. The van der Waals surface area contributed by atoms with Gasteiger partial charge in [-0.3, -0.25) is 4.79 Å². The maximum absolute atomic E-state index is 12.3. The van der Waals surface area contributed by atoms with E-state index in [0.717, 1.165) is 32.4 Å². The SMILES string of the molecule is CCCN(CCOC1CCCCO1)C(=O)CC(C)(C)C. The van der Waals surface area contributed by atoms with Crippen LogP contribution in [0.5, 0.6) is 0 Å². The molecule has 1 rings (SSSR count). The molecule has 0 saturated carbocycles. The first kappa shape index (κ1) is 17.4. The van der Waals surface area contributed by atoms with E-state index in [4.69, 9.17) is 9.47 Å². The maximum atomic E-state index is 12.3. The standard InChI is InChI=1S/C16H31NO3/c1-5-9-17(14(18)13-16(2,3)4)10-12-20-15-8-6-7-11-19-15/h15H,5-13H2,1-4H3. The van der Waals surface area contributed by atoms with Crippen molar-refractivity contribution in [3.8, 4) is 0 Å². The van der Waals surface area contributed by atoms with Crippen LogP contribution < -0.4 is 0 Å². The van der Waals surface area contributed by atoms with Gasteiger partial charge in [0.25, 0.3) is 0 Å². The lowest BCUT2D eigenvalue weighted by Crippen LogP contribution is -2.37. The molecule has 1 unspecified atom stereocenters. The van der Waals surface area contributed by atoms with Gasteiger partial charge in [-0.05, 0) is 31.1 Å². The van der Waals surface area contributed by atoms with Crippen molar-refractivity contribution in [1.82, 2.24) is 4.90 Å². The molecular weight excluding hydrogens is 254 g/mol. The smallest absolute Gasteiger partial charge is 0.223 e. The molecule has 1 amide bonds. The molecule has 1 heterocycles. The number of rotatable bonds is 7. The molecule has 20 heavy (non-hydrogen) atoms. The second kappa shape index (κ2) is 8.63. The highest BCUT2D eigenvalue weighted by molar-refractivity contribution is 5.76. The molecule has 118 valence electrons. The van der Waals surface area contributed by atoms with Gasteiger partial charge < -0.3 is 14.4 Å². The average Bonchev–Trinajstić information content (AvgIpc) is 2.37. The third-order valence-electron chi connectivity index (χ3n) is 3.33. The van der Waals surface area contributed by atoms with Gasteiger partial charge in [0, 0.05) is 26.1 Å². The Labute approximate surface area is 123 Å². The highest BCUT2D eigenvalue weighted by atomic mass is 16.7. The van der Waals surface area contributed by atoms with Gasteiger partial charge in [0.15, 0.2) is 6.29 Å². The van der Waals surface area contributed by atoms with Crippen molar-refractivity contribution in [3.05, 3.63) is 0 Å². The summed E-state index contributed by atoms with van der Waals surface area (Å²) in [7, 11) is 0. The molecular formula is C16H31NO3. The quantitative estimate of drug-likeness (QED) is 0.721. The van der Waals surface area contributed by atoms with Crippen LogP contribution in [0.3, 0.4) is 0 Å². The van der Waals surface area contributed by atoms with Crippen LogP contribution in [0, 0.1) is 5.41 Å². The number of carbonyl (C=O) groups excluding carboxylic acids is 1. The molecule has 0 aromatic rings. The molecule has 0 N–H and O–H groups in total. The monoisotopic (exact) mass is 285 g/mol. The molecule has 0 aromatic heterocycles. The fraction of sp³-hybridized carbons (Fsp3) is 0.938. The van der Waals surface area contributed by atoms with Gasteiger partial charge in [0.2, 0.25) is 5.91 Å². The summed E-state index contributed by atoms with van der Waals surface area (Å²) >= 11 is 0. The lowest BCUT2D eigenvalue weighted by atomic mass is 9.91. The summed E-state index contributed by atoms with van der Waals surface area (Å²) in [5.74, 6) is 0.229. The summed E-state index contributed by atoms with van der Waals surface area (Å²) in [6.45, 7) is 11.2. The highest BCUT2D eigenvalue weighted by Gasteiger charge is 2.21. The molecule has 0 aliphatic carbocycles. The van der Waals surface area contributed by atoms with Crippen LogP contribution in [0.2, 0.25) is 0 Å². The maximum Gasteiger partial charge on any atom is 0.223 e. The van der Waals surface area contributed by atoms with Gasteiger partial charge in [0.05, 0.1) is 6.61 Å². The summed E-state index contributed by atoms with van der Waals surface area (Å²) in [4.78, 5) is 14.2. The first-order chi connectivity index (χ1) is 9.42. The Morgan fingerprint density at radius 2 is 2.05 bits per heavy atom. The Balaban J connectivity index is 2.32. The number of ether oxygens (including phenoxy) is 2. The first-order valence-electron chi connectivity index (χ1n) is 7.93. The first-order valence-corrected chi connectivity index (χ1v) is 7.93. The van der Waals surface area contributed by atoms with E-state index in [1.54, 1.807) is 0 Å². The molecule has 4 heteroatoms. The van der Waals surface area contributed by atoms with E-state index in [1.165, 1.54) is 6.42 Å². The predicted octanol–water partition coefficient (Wildman–Crippen LogP) is 3.20. The van der Waals surface area contributed by atoms with Crippen LogP contribution in [-0.4, -0.2) is 43.4 Å². The average molecular weight is 285 g/mol. The molecule has 4 nitrogen and oxygen atoms in total. The summed E-state index contributed by atoms with van der Waals surface area (Å²) in [6, 6.07) is 0. The largest absolute Gasteiger partial charge is 0.353 e. The zero-order chi connectivity index (χ0) is 15.0. The van der Waals surface area contributed by atoms with Crippen molar-refractivity contribution in [3.63, 3.8) is 0 Å². The normalized spacial score (nSPS) is 19.9. The zero-order valence-corrected chi connectivity index (χ0v) is 13.6. The molecule has 0 bridgehead atoms. The summed E-state index contributed by atoms with van der Waals surface area (Å²) < 4.78 is 11.3. The van der Waals surface area contributed by atoms with E-state index in [-0.39, 0.29) is 17.6 Å². The predicted molar refractivity (Wildman–Crippen MR) is 80.5 cm³/mol. The third-order valence-corrected chi connectivity index (χ3v) is 3.33. The van der Waals surface area contributed by atoms with E-state index < -0.39 is 0 Å². The summed E-state index contributed by atoms with van der Waals surface area (Å²) in [5.41, 5.74) is 0.0381. The van der Waals surface area contributed by atoms with Gasteiger partial charge in [-0.2, -0.15) is 0 Å². The van der Waals surface area contributed by atoms with Crippen molar-refractivity contribution in [1.29, 1.82) is 0 Å². The zero-order valence-electron chi connectivity index (χ0n) is 13.6. The van der Waals surface area contributed by atoms with Crippen molar-refractivity contribution < 1.29 is 14.3 Å². The van der Waals surface area contributed by atoms with Crippen LogP contribution in [0.4, 0.5) is 0 Å². The molecule has 1 aliphatic rings. The molecule has 0 aromatic carbocycles. The second-order valence-corrected chi connectivity index (χ2v) is 6.79. The Bertz CT molecular complexity index is 280. The van der Waals surface area contributed by atoms with Crippen LogP contribution >= 0.6 is 0 Å². The number of carbonyl (C=O) groups is 1. The van der Waals surface area contributed by atoms with Crippen molar-refractivity contribution >= 4 is 5.91 Å². The number of nitrogens with zero attached hydrogens (tertiary/aromatic N) is 1. The molecule has 0 spiro atoms. The minimum absolute atomic E-state index is 0.0381. The molecule has 1 atom stereocenters. The van der Waals surface area contributed by atoms with Gasteiger partial charge in [-0.15, -0.1) is 0 Å². The number of hydrogen-bond acceptors (Lipinski definition) is 3. The summed E-state index contributed by atoms with van der Waals surface area (Å²) in [6.07, 6.45) is 4.79. The lowest BCUT2D eigenvalue weighted by molar-refractivity contribution is -0.166. The van der Waals surface area contributed by atoms with Gasteiger partial charge in [-0.1, -0.05) is 27.7 Å². The number of hydrogen-bond donors (Lipinski definition) is 0. The third kappa shape index (κ3) is 7.25. The Morgan fingerprint density at radius 1 is 1.30 bits per heavy atom. The van der Waals surface area contributed by atoms with E-state index in [0.29, 0.717) is 19.6 Å². The van der Waals surface area contributed by atoms with Gasteiger partial charge >= 0.3 is 0 Å². The van der Waals surface area contributed by atoms with Gasteiger partial charge in [-0.25, -0.2) is 0 Å². The van der Waals surface area contributed by atoms with E-state index in [1.807, 2.05) is 4.90 Å². The van der Waals surface area contributed by atoms with E-state index in [9.17, 15) is 4.79 Å². The summed E-state index contributed by atoms with van der Waals surface area (Å²) in [5, 5.41) is 0. The molecule has 1 aliphatic heterocycles. The minimum atomic E-state index is -0.0649. The fourth-order valence-electron chi connectivity index (χ4n) is 2.33. The highest BCUT2D eigenvalue weighted by Crippen LogP contribution is 2.20. The second-order valence-electron chi connectivity index (χ2n) is 6.79. The molecule has 1 saturated heterocycles. The lowest BCUT2D eigenvalue weighted by Gasteiger charge is -2.28. The molecule has 1 fully saturated rings. The van der Waals surface area contributed by atoms with Crippen LogP contribution in [0.1, 0.15) is 59.8 Å². The van der Waals surface area contributed by atoms with Crippen LogP contribution in [0.15, 0.2) is 0 Å². The van der Waals surface area contributed by atoms with Crippen molar-refractivity contribution in [2.75, 3.05) is 26.3 Å². The minimum Gasteiger partial charge on any atom is -0.353 e. The Morgan fingerprint density at radius 3 is 2.60 bits per heavy atom. The number of amides is 1.